The highest BCUT2D eigenvalue weighted by atomic mass is 19.1. The lowest BCUT2D eigenvalue weighted by Crippen LogP contribution is -1.97. The molecular formula is C13H11F2NO. The SMILES string of the molecule is Nc1ccc(OCc2cc(F)cc(F)c2)cc1. The van der Waals surface area contributed by atoms with Gasteiger partial charge in [-0.15, -0.1) is 0 Å². The fraction of sp³-hybridized carbons (Fsp3) is 0.0769. The summed E-state index contributed by atoms with van der Waals surface area (Å²) in [4.78, 5) is 0. The Morgan fingerprint density at radius 3 is 2.12 bits per heavy atom. The molecule has 4 heteroatoms. The lowest BCUT2D eigenvalue weighted by molar-refractivity contribution is 0.305. The molecule has 0 spiro atoms. The van der Waals surface area contributed by atoms with E-state index >= 15 is 0 Å². The van der Waals surface area contributed by atoms with Crippen molar-refractivity contribution in [3.63, 3.8) is 0 Å². The molecule has 0 unspecified atom stereocenters. The van der Waals surface area contributed by atoms with Crippen molar-refractivity contribution in [1.82, 2.24) is 0 Å². The van der Waals surface area contributed by atoms with Gasteiger partial charge in [-0.05, 0) is 42.0 Å². The summed E-state index contributed by atoms with van der Waals surface area (Å²) in [6.07, 6.45) is 0. The average Bonchev–Trinajstić information content (AvgIpc) is 2.27. The monoisotopic (exact) mass is 235 g/mol. The number of hydrogen-bond acceptors (Lipinski definition) is 2. The van der Waals surface area contributed by atoms with Gasteiger partial charge < -0.3 is 10.5 Å². The summed E-state index contributed by atoms with van der Waals surface area (Å²) in [6, 6.07) is 10.1. The molecule has 0 aromatic heterocycles. The molecule has 0 bridgehead atoms. The lowest BCUT2D eigenvalue weighted by Gasteiger charge is -2.06. The number of anilines is 1. The Hall–Kier alpha value is -2.10. The summed E-state index contributed by atoms with van der Waals surface area (Å²) in [5, 5.41) is 0. The predicted molar refractivity (Wildman–Crippen MR) is 61.5 cm³/mol. The molecule has 0 fully saturated rings. The van der Waals surface area contributed by atoms with Gasteiger partial charge in [0.1, 0.15) is 24.0 Å². The molecule has 2 aromatic carbocycles. The molecule has 0 aliphatic heterocycles. The van der Waals surface area contributed by atoms with Crippen LogP contribution < -0.4 is 10.5 Å². The van der Waals surface area contributed by atoms with Crippen molar-refractivity contribution in [2.45, 2.75) is 6.61 Å². The lowest BCUT2D eigenvalue weighted by atomic mass is 10.2. The van der Waals surface area contributed by atoms with Crippen LogP contribution in [0.25, 0.3) is 0 Å². The number of rotatable bonds is 3. The Bertz CT molecular complexity index is 491. The van der Waals surface area contributed by atoms with Gasteiger partial charge in [-0.2, -0.15) is 0 Å². The van der Waals surface area contributed by atoms with Crippen LogP contribution in [-0.2, 0) is 6.61 Å². The molecule has 2 aromatic rings. The molecule has 17 heavy (non-hydrogen) atoms. The fourth-order valence-electron chi connectivity index (χ4n) is 1.43. The third kappa shape index (κ3) is 3.17. The minimum Gasteiger partial charge on any atom is -0.489 e. The molecule has 0 aliphatic rings. The van der Waals surface area contributed by atoms with Crippen LogP contribution in [0, 0.1) is 11.6 Å². The molecule has 88 valence electrons. The van der Waals surface area contributed by atoms with Gasteiger partial charge in [0.2, 0.25) is 0 Å². The summed E-state index contributed by atoms with van der Waals surface area (Å²) >= 11 is 0. The molecular weight excluding hydrogens is 224 g/mol. The first-order valence-electron chi connectivity index (χ1n) is 5.07. The van der Waals surface area contributed by atoms with E-state index in [9.17, 15) is 8.78 Å². The molecule has 2 nitrogen and oxygen atoms in total. The van der Waals surface area contributed by atoms with Crippen LogP contribution in [0.1, 0.15) is 5.56 Å². The van der Waals surface area contributed by atoms with Crippen LogP contribution in [0.4, 0.5) is 14.5 Å². The van der Waals surface area contributed by atoms with Crippen molar-refractivity contribution in [2.24, 2.45) is 0 Å². The Labute approximate surface area is 97.6 Å². The zero-order chi connectivity index (χ0) is 12.3. The Morgan fingerprint density at radius 1 is 0.941 bits per heavy atom. The molecule has 2 rings (SSSR count). The van der Waals surface area contributed by atoms with Crippen molar-refractivity contribution < 1.29 is 13.5 Å². The number of ether oxygens (including phenoxy) is 1. The van der Waals surface area contributed by atoms with E-state index in [0.29, 0.717) is 17.0 Å². The van der Waals surface area contributed by atoms with E-state index in [1.165, 1.54) is 12.1 Å². The van der Waals surface area contributed by atoms with E-state index in [4.69, 9.17) is 10.5 Å². The Morgan fingerprint density at radius 2 is 1.53 bits per heavy atom. The highest BCUT2D eigenvalue weighted by Crippen LogP contribution is 2.16. The molecule has 0 atom stereocenters. The molecule has 0 heterocycles. The highest BCUT2D eigenvalue weighted by molar-refractivity contribution is 5.41. The van der Waals surface area contributed by atoms with E-state index in [0.717, 1.165) is 6.07 Å². The van der Waals surface area contributed by atoms with Crippen molar-refractivity contribution in [3.8, 4) is 5.75 Å². The van der Waals surface area contributed by atoms with E-state index in [1.807, 2.05) is 0 Å². The summed E-state index contributed by atoms with van der Waals surface area (Å²) < 4.78 is 31.2. The third-order valence-electron chi connectivity index (χ3n) is 2.21. The quantitative estimate of drug-likeness (QED) is 0.829. The van der Waals surface area contributed by atoms with Crippen LogP contribution in [0.5, 0.6) is 5.75 Å². The van der Waals surface area contributed by atoms with E-state index in [1.54, 1.807) is 24.3 Å². The minimum absolute atomic E-state index is 0.110. The van der Waals surface area contributed by atoms with E-state index in [2.05, 4.69) is 0 Å². The minimum atomic E-state index is -0.610. The second kappa shape index (κ2) is 4.82. The number of hydrogen-bond donors (Lipinski definition) is 1. The van der Waals surface area contributed by atoms with Gasteiger partial charge in [0, 0.05) is 11.8 Å². The van der Waals surface area contributed by atoms with Crippen LogP contribution >= 0.6 is 0 Å². The van der Waals surface area contributed by atoms with Gasteiger partial charge in [-0.25, -0.2) is 8.78 Å². The average molecular weight is 235 g/mol. The zero-order valence-corrected chi connectivity index (χ0v) is 8.99. The van der Waals surface area contributed by atoms with Gasteiger partial charge in [0.05, 0.1) is 0 Å². The number of benzene rings is 2. The normalized spacial score (nSPS) is 10.2. The van der Waals surface area contributed by atoms with Gasteiger partial charge in [0.25, 0.3) is 0 Å². The number of nitrogen functional groups attached to an aromatic ring is 1. The van der Waals surface area contributed by atoms with Crippen LogP contribution in [0.15, 0.2) is 42.5 Å². The Balaban J connectivity index is 2.04. The summed E-state index contributed by atoms with van der Waals surface area (Å²) in [5.41, 5.74) is 6.60. The summed E-state index contributed by atoms with van der Waals surface area (Å²) in [5.74, 6) is -0.620. The fourth-order valence-corrected chi connectivity index (χ4v) is 1.43. The zero-order valence-electron chi connectivity index (χ0n) is 8.99. The van der Waals surface area contributed by atoms with Crippen LogP contribution in [-0.4, -0.2) is 0 Å². The third-order valence-corrected chi connectivity index (χ3v) is 2.21. The topological polar surface area (TPSA) is 35.2 Å². The maximum Gasteiger partial charge on any atom is 0.126 e. The second-order valence-electron chi connectivity index (χ2n) is 3.64. The first-order chi connectivity index (χ1) is 8.13. The van der Waals surface area contributed by atoms with Gasteiger partial charge >= 0.3 is 0 Å². The van der Waals surface area contributed by atoms with Gasteiger partial charge in [0.15, 0.2) is 0 Å². The smallest absolute Gasteiger partial charge is 0.126 e. The van der Waals surface area contributed by atoms with E-state index < -0.39 is 11.6 Å². The van der Waals surface area contributed by atoms with Crippen molar-refractivity contribution in [2.75, 3.05) is 5.73 Å². The van der Waals surface area contributed by atoms with Crippen molar-refractivity contribution in [1.29, 1.82) is 0 Å². The van der Waals surface area contributed by atoms with E-state index in [-0.39, 0.29) is 6.61 Å². The molecule has 0 radical (unpaired) electrons. The summed E-state index contributed by atoms with van der Waals surface area (Å²) in [7, 11) is 0. The Kier molecular flexibility index (Phi) is 3.23. The molecule has 0 saturated carbocycles. The first kappa shape index (κ1) is 11.4. The maximum atomic E-state index is 12.9. The molecule has 0 aliphatic carbocycles. The van der Waals surface area contributed by atoms with Gasteiger partial charge in [-0.3, -0.25) is 0 Å². The number of nitrogens with two attached hydrogens (primary N) is 1. The van der Waals surface area contributed by atoms with Gasteiger partial charge in [-0.1, -0.05) is 0 Å². The predicted octanol–water partition coefficient (Wildman–Crippen LogP) is 3.13. The second-order valence-corrected chi connectivity index (χ2v) is 3.64. The standard InChI is InChI=1S/C13H11F2NO/c14-10-5-9(6-11(15)7-10)8-17-13-3-1-12(16)2-4-13/h1-7H,8,16H2. The van der Waals surface area contributed by atoms with Crippen molar-refractivity contribution in [3.05, 3.63) is 59.7 Å². The molecule has 0 amide bonds. The summed E-state index contributed by atoms with van der Waals surface area (Å²) in [6.45, 7) is 0.110. The number of halogens is 2. The van der Waals surface area contributed by atoms with Crippen LogP contribution in [0.3, 0.4) is 0 Å². The first-order valence-corrected chi connectivity index (χ1v) is 5.07. The van der Waals surface area contributed by atoms with Crippen molar-refractivity contribution >= 4 is 5.69 Å². The molecule has 2 N–H and O–H groups in total. The van der Waals surface area contributed by atoms with Crippen LogP contribution in [0.2, 0.25) is 0 Å². The maximum absolute atomic E-state index is 12.9. The highest BCUT2D eigenvalue weighted by Gasteiger charge is 2.01. The molecule has 0 saturated heterocycles. The largest absolute Gasteiger partial charge is 0.489 e.